The molecule has 2 atom stereocenters. The molecule has 0 bridgehead atoms. The molecule has 6 nitrogen and oxygen atoms in total. The van der Waals surface area contributed by atoms with Crippen LogP contribution in [0.15, 0.2) is 15.6 Å². The van der Waals surface area contributed by atoms with E-state index in [2.05, 4.69) is 34.1 Å². The standard InChI is InChI=1S/C18H31N5O/c1-4-6-15-12-17(15)20-18(19-5-2)23-9-7-22(8-10-23)13-16-11-14(3)24-21-16/h11,15,17H,4-10,12-13H2,1-3H3,(H,19,20). The Bertz CT molecular complexity index is 547. The smallest absolute Gasteiger partial charge is 0.194 e. The van der Waals surface area contributed by atoms with Gasteiger partial charge in [0.05, 0.1) is 5.69 Å². The summed E-state index contributed by atoms with van der Waals surface area (Å²) in [6, 6.07) is 2.67. The van der Waals surface area contributed by atoms with Crippen LogP contribution in [0, 0.1) is 12.8 Å². The van der Waals surface area contributed by atoms with Gasteiger partial charge >= 0.3 is 0 Å². The summed E-state index contributed by atoms with van der Waals surface area (Å²) < 4.78 is 5.16. The van der Waals surface area contributed by atoms with E-state index in [9.17, 15) is 0 Å². The van der Waals surface area contributed by atoms with Gasteiger partial charge in [0.1, 0.15) is 5.76 Å². The molecule has 6 heteroatoms. The van der Waals surface area contributed by atoms with E-state index >= 15 is 0 Å². The number of guanidine groups is 1. The summed E-state index contributed by atoms with van der Waals surface area (Å²) in [5, 5.41) is 7.79. The molecule has 24 heavy (non-hydrogen) atoms. The normalized spacial score (nSPS) is 25.1. The van der Waals surface area contributed by atoms with Crippen LogP contribution in [-0.4, -0.2) is 59.7 Å². The maximum atomic E-state index is 5.16. The summed E-state index contributed by atoms with van der Waals surface area (Å²) in [7, 11) is 0. The first-order valence-electron chi connectivity index (χ1n) is 9.40. The Kier molecular flexibility index (Phi) is 5.76. The second-order valence-corrected chi connectivity index (χ2v) is 7.03. The molecule has 1 aliphatic carbocycles. The molecule has 0 aromatic carbocycles. The molecule has 1 aromatic heterocycles. The Morgan fingerprint density at radius 2 is 2.12 bits per heavy atom. The van der Waals surface area contributed by atoms with Crippen molar-refractivity contribution in [2.75, 3.05) is 32.7 Å². The van der Waals surface area contributed by atoms with Gasteiger partial charge in [0.25, 0.3) is 0 Å². The highest BCUT2D eigenvalue weighted by Crippen LogP contribution is 2.34. The fourth-order valence-electron chi connectivity index (χ4n) is 3.51. The Hall–Kier alpha value is -1.56. The molecule has 0 spiro atoms. The van der Waals surface area contributed by atoms with Crippen LogP contribution >= 0.6 is 0 Å². The van der Waals surface area contributed by atoms with E-state index in [1.807, 2.05) is 13.0 Å². The van der Waals surface area contributed by atoms with E-state index in [0.29, 0.717) is 6.04 Å². The molecule has 134 valence electrons. The molecular formula is C18H31N5O. The van der Waals surface area contributed by atoms with Gasteiger partial charge in [-0.3, -0.25) is 9.89 Å². The average Bonchev–Trinajstić information content (AvgIpc) is 3.17. The number of aromatic nitrogens is 1. The topological polar surface area (TPSA) is 56.9 Å². The predicted molar refractivity (Wildman–Crippen MR) is 96.0 cm³/mol. The Labute approximate surface area is 145 Å². The largest absolute Gasteiger partial charge is 0.361 e. The van der Waals surface area contributed by atoms with Crippen LogP contribution in [0.3, 0.4) is 0 Å². The highest BCUT2D eigenvalue weighted by atomic mass is 16.5. The van der Waals surface area contributed by atoms with Gasteiger partial charge in [0, 0.05) is 51.4 Å². The maximum Gasteiger partial charge on any atom is 0.194 e. The van der Waals surface area contributed by atoms with Gasteiger partial charge < -0.3 is 14.7 Å². The van der Waals surface area contributed by atoms with Crippen LogP contribution in [0.4, 0.5) is 0 Å². The molecule has 2 aliphatic rings. The van der Waals surface area contributed by atoms with Gasteiger partial charge in [0.2, 0.25) is 0 Å². The van der Waals surface area contributed by atoms with Gasteiger partial charge in [-0.1, -0.05) is 18.5 Å². The van der Waals surface area contributed by atoms with E-state index in [0.717, 1.165) is 62.6 Å². The minimum absolute atomic E-state index is 0.645. The fraction of sp³-hybridized carbons (Fsp3) is 0.778. The third-order valence-corrected chi connectivity index (χ3v) is 4.94. The zero-order valence-electron chi connectivity index (χ0n) is 15.3. The van der Waals surface area contributed by atoms with Crippen molar-refractivity contribution in [3.8, 4) is 0 Å². The monoisotopic (exact) mass is 333 g/mol. The minimum Gasteiger partial charge on any atom is -0.361 e. The van der Waals surface area contributed by atoms with E-state index in [-0.39, 0.29) is 0 Å². The highest BCUT2D eigenvalue weighted by molar-refractivity contribution is 5.80. The molecule has 1 saturated carbocycles. The van der Waals surface area contributed by atoms with Crippen molar-refractivity contribution >= 4 is 5.96 Å². The Morgan fingerprint density at radius 1 is 1.33 bits per heavy atom. The lowest BCUT2D eigenvalue weighted by atomic mass is 10.2. The lowest BCUT2D eigenvalue weighted by Gasteiger charge is -2.36. The van der Waals surface area contributed by atoms with Gasteiger partial charge in [0.15, 0.2) is 5.96 Å². The van der Waals surface area contributed by atoms with Crippen LogP contribution in [0.1, 0.15) is 44.6 Å². The molecule has 2 unspecified atom stereocenters. The summed E-state index contributed by atoms with van der Waals surface area (Å²) in [5.41, 5.74) is 1.03. The van der Waals surface area contributed by atoms with Crippen LogP contribution < -0.4 is 5.32 Å². The molecule has 1 saturated heterocycles. The molecular weight excluding hydrogens is 302 g/mol. The van der Waals surface area contributed by atoms with Crippen LogP contribution in [0.5, 0.6) is 0 Å². The number of hydrogen-bond donors (Lipinski definition) is 1. The first-order valence-corrected chi connectivity index (χ1v) is 9.40. The number of rotatable bonds is 6. The van der Waals surface area contributed by atoms with Crippen LogP contribution in [0.2, 0.25) is 0 Å². The molecule has 3 rings (SSSR count). The van der Waals surface area contributed by atoms with Gasteiger partial charge in [-0.15, -0.1) is 0 Å². The molecule has 1 N–H and O–H groups in total. The van der Waals surface area contributed by atoms with Gasteiger partial charge in [-0.2, -0.15) is 0 Å². The molecule has 1 aromatic rings. The van der Waals surface area contributed by atoms with E-state index in [4.69, 9.17) is 9.52 Å². The zero-order valence-corrected chi connectivity index (χ0v) is 15.3. The van der Waals surface area contributed by atoms with Crippen molar-refractivity contribution in [1.29, 1.82) is 0 Å². The van der Waals surface area contributed by atoms with Crippen molar-refractivity contribution < 1.29 is 4.52 Å². The number of aryl methyl sites for hydroxylation is 1. The third kappa shape index (κ3) is 4.50. The average molecular weight is 333 g/mol. The van der Waals surface area contributed by atoms with E-state index in [1.165, 1.54) is 19.3 Å². The Morgan fingerprint density at radius 3 is 2.75 bits per heavy atom. The quantitative estimate of drug-likeness (QED) is 0.639. The lowest BCUT2D eigenvalue weighted by Crippen LogP contribution is -2.52. The van der Waals surface area contributed by atoms with Crippen molar-refractivity contribution in [2.24, 2.45) is 10.9 Å². The van der Waals surface area contributed by atoms with E-state index < -0.39 is 0 Å². The first kappa shape index (κ1) is 17.3. The lowest BCUT2D eigenvalue weighted by molar-refractivity contribution is 0.168. The van der Waals surface area contributed by atoms with Crippen molar-refractivity contribution in [2.45, 2.75) is 52.6 Å². The molecule has 2 heterocycles. The summed E-state index contributed by atoms with van der Waals surface area (Å²) >= 11 is 0. The van der Waals surface area contributed by atoms with Gasteiger partial charge in [-0.05, 0) is 32.6 Å². The number of aliphatic imine (C=N–C) groups is 1. The third-order valence-electron chi connectivity index (χ3n) is 4.94. The minimum atomic E-state index is 0.645. The maximum absolute atomic E-state index is 5.16. The fourth-order valence-corrected chi connectivity index (χ4v) is 3.51. The van der Waals surface area contributed by atoms with Crippen molar-refractivity contribution in [3.05, 3.63) is 17.5 Å². The summed E-state index contributed by atoms with van der Waals surface area (Å²) in [6.07, 6.45) is 3.92. The molecule has 2 fully saturated rings. The number of nitrogens with zero attached hydrogens (tertiary/aromatic N) is 4. The predicted octanol–water partition coefficient (Wildman–Crippen LogP) is 2.25. The SMILES string of the molecule is CCCC1CC1NC(=NCC)N1CCN(Cc2cc(C)on2)CC1. The van der Waals surface area contributed by atoms with Crippen LogP contribution in [-0.2, 0) is 6.54 Å². The molecule has 0 amide bonds. The van der Waals surface area contributed by atoms with Gasteiger partial charge in [-0.25, -0.2) is 0 Å². The molecule has 0 radical (unpaired) electrons. The Balaban J connectivity index is 1.47. The number of hydrogen-bond acceptors (Lipinski definition) is 4. The highest BCUT2D eigenvalue weighted by Gasteiger charge is 2.37. The molecule has 1 aliphatic heterocycles. The second-order valence-electron chi connectivity index (χ2n) is 7.03. The zero-order chi connectivity index (χ0) is 16.9. The van der Waals surface area contributed by atoms with Crippen molar-refractivity contribution in [1.82, 2.24) is 20.3 Å². The second kappa shape index (κ2) is 8.01. The van der Waals surface area contributed by atoms with Crippen LogP contribution in [0.25, 0.3) is 0 Å². The van der Waals surface area contributed by atoms with E-state index in [1.54, 1.807) is 0 Å². The first-order chi connectivity index (χ1) is 11.7. The van der Waals surface area contributed by atoms with Crippen molar-refractivity contribution in [3.63, 3.8) is 0 Å². The number of piperazine rings is 1. The number of nitrogens with one attached hydrogen (secondary N) is 1. The summed E-state index contributed by atoms with van der Waals surface area (Å²) in [4.78, 5) is 9.57. The summed E-state index contributed by atoms with van der Waals surface area (Å²) in [5.74, 6) is 2.85. The summed E-state index contributed by atoms with van der Waals surface area (Å²) in [6.45, 7) is 12.2.